The number of urea groups is 1. The highest BCUT2D eigenvalue weighted by Crippen LogP contribution is 2.55. The fraction of sp³-hybridized carbons (Fsp3) is 0.217. The summed E-state index contributed by atoms with van der Waals surface area (Å²) in [4.78, 5) is 16.6. The molecule has 1 saturated carbocycles. The lowest BCUT2D eigenvalue weighted by atomic mass is 10.0. The van der Waals surface area contributed by atoms with Crippen molar-refractivity contribution in [3.05, 3.63) is 88.9 Å². The van der Waals surface area contributed by atoms with Crippen molar-refractivity contribution in [2.75, 3.05) is 11.9 Å². The summed E-state index contributed by atoms with van der Waals surface area (Å²) >= 11 is 0. The third-order valence-corrected chi connectivity index (χ3v) is 5.70. The molecule has 2 heterocycles. The zero-order valence-electron chi connectivity index (χ0n) is 16.2. The summed E-state index contributed by atoms with van der Waals surface area (Å²) in [6.45, 7) is 0.222. The Hall–Kier alpha value is -3.55. The molecule has 1 fully saturated rings. The van der Waals surface area contributed by atoms with Crippen LogP contribution < -0.4 is 15.4 Å². The molecular weight excluding hydrogens is 407 g/mol. The molecule has 0 unspecified atom stereocenters. The Bertz CT molecular complexity index is 1140. The van der Waals surface area contributed by atoms with E-state index in [0.29, 0.717) is 12.2 Å². The topological polar surface area (TPSA) is 63.2 Å². The average Bonchev–Trinajstić information content (AvgIpc) is 3.46. The summed E-state index contributed by atoms with van der Waals surface area (Å²) in [7, 11) is 0. The maximum atomic E-state index is 14.2. The van der Waals surface area contributed by atoms with Gasteiger partial charge in [0.15, 0.2) is 11.6 Å². The summed E-state index contributed by atoms with van der Waals surface area (Å²) in [6.07, 6.45) is 2.23. The number of benzene rings is 2. The van der Waals surface area contributed by atoms with E-state index in [1.807, 2.05) is 6.07 Å². The highest BCUT2D eigenvalue weighted by molar-refractivity contribution is 5.88. The van der Waals surface area contributed by atoms with Crippen LogP contribution in [-0.2, 0) is 6.42 Å². The van der Waals surface area contributed by atoms with Crippen molar-refractivity contribution in [3.63, 3.8) is 0 Å². The zero-order valence-corrected chi connectivity index (χ0v) is 16.2. The van der Waals surface area contributed by atoms with Crippen LogP contribution >= 0.6 is 0 Å². The van der Waals surface area contributed by atoms with Crippen molar-refractivity contribution in [1.29, 1.82) is 0 Å². The molecule has 3 aromatic rings. The summed E-state index contributed by atoms with van der Waals surface area (Å²) in [6, 6.07) is 11.0. The SMILES string of the molecule is O=C(Nc1ccc(Cc2ccc(F)cc2)cn1)N[C@@H]1[C@@H]2COc3c(F)ccc(F)c3[C@@H]21. The van der Waals surface area contributed by atoms with Crippen LogP contribution in [0, 0.1) is 23.4 Å². The number of ether oxygens (including phenoxy) is 1. The first-order valence-electron chi connectivity index (χ1n) is 9.87. The lowest BCUT2D eigenvalue weighted by Crippen LogP contribution is -2.32. The van der Waals surface area contributed by atoms with E-state index in [-0.39, 0.29) is 41.6 Å². The quantitative estimate of drug-likeness (QED) is 0.652. The van der Waals surface area contributed by atoms with Gasteiger partial charge in [-0.3, -0.25) is 5.32 Å². The van der Waals surface area contributed by atoms with Crippen molar-refractivity contribution in [2.24, 2.45) is 5.92 Å². The first-order chi connectivity index (χ1) is 15.0. The van der Waals surface area contributed by atoms with Gasteiger partial charge in [-0.15, -0.1) is 0 Å². The van der Waals surface area contributed by atoms with E-state index in [1.54, 1.807) is 24.4 Å². The van der Waals surface area contributed by atoms with E-state index in [1.165, 1.54) is 12.1 Å². The van der Waals surface area contributed by atoms with E-state index >= 15 is 0 Å². The van der Waals surface area contributed by atoms with Gasteiger partial charge in [0.1, 0.15) is 17.5 Å². The maximum Gasteiger partial charge on any atom is 0.320 e. The average molecular weight is 425 g/mol. The molecule has 3 atom stereocenters. The van der Waals surface area contributed by atoms with Gasteiger partial charge < -0.3 is 10.1 Å². The first kappa shape index (κ1) is 19.4. The van der Waals surface area contributed by atoms with Gasteiger partial charge >= 0.3 is 6.03 Å². The summed E-state index contributed by atoms with van der Waals surface area (Å²) in [5.41, 5.74) is 2.05. The molecule has 31 heavy (non-hydrogen) atoms. The van der Waals surface area contributed by atoms with Crippen LogP contribution in [0.4, 0.5) is 23.8 Å². The minimum absolute atomic E-state index is 0.0654. The lowest BCUT2D eigenvalue weighted by Gasteiger charge is -2.16. The minimum Gasteiger partial charge on any atom is -0.490 e. The Labute approximate surface area is 176 Å². The number of carbonyl (C=O) groups excluding carboxylic acids is 1. The van der Waals surface area contributed by atoms with Crippen molar-refractivity contribution in [2.45, 2.75) is 18.4 Å². The Morgan fingerprint density at radius 1 is 1.00 bits per heavy atom. The van der Waals surface area contributed by atoms with E-state index in [2.05, 4.69) is 15.6 Å². The summed E-state index contributed by atoms with van der Waals surface area (Å²) in [5.74, 6) is -1.53. The Morgan fingerprint density at radius 2 is 1.74 bits per heavy atom. The number of fused-ring (bicyclic) bond motifs is 3. The molecular formula is C23H18F3N3O2. The first-order valence-corrected chi connectivity index (χ1v) is 9.87. The standard InChI is InChI=1S/C23H18F3N3O2/c24-14-4-1-12(2-5-14)9-13-3-8-18(27-10-13)28-23(30)29-21-15-11-31-22-17(26)7-6-16(25)20(22)19(15)21/h1-8,10,15,19,21H,9,11H2,(H2,27,28,29,30)/t15-,19-,21-/m1/s1. The highest BCUT2D eigenvalue weighted by atomic mass is 19.1. The second-order valence-corrected chi connectivity index (χ2v) is 7.75. The van der Waals surface area contributed by atoms with Crippen molar-refractivity contribution in [1.82, 2.24) is 10.3 Å². The number of halogens is 3. The summed E-state index contributed by atoms with van der Waals surface area (Å²) < 4.78 is 46.5. The van der Waals surface area contributed by atoms with Crippen LogP contribution in [-0.4, -0.2) is 23.7 Å². The number of nitrogens with zero attached hydrogens (tertiary/aromatic N) is 1. The van der Waals surface area contributed by atoms with Gasteiger partial charge in [-0.25, -0.2) is 22.9 Å². The monoisotopic (exact) mass is 425 g/mol. The third kappa shape index (κ3) is 3.81. The normalized spacial score (nSPS) is 20.8. The number of aromatic nitrogens is 1. The molecule has 0 saturated heterocycles. The number of carbonyl (C=O) groups is 1. The van der Waals surface area contributed by atoms with E-state index in [9.17, 15) is 18.0 Å². The molecule has 1 aliphatic heterocycles. The van der Waals surface area contributed by atoms with Gasteiger partial charge in [-0.1, -0.05) is 18.2 Å². The van der Waals surface area contributed by atoms with Crippen LogP contribution in [0.15, 0.2) is 54.7 Å². The van der Waals surface area contributed by atoms with Crippen LogP contribution in [0.25, 0.3) is 0 Å². The smallest absolute Gasteiger partial charge is 0.320 e. The highest BCUT2D eigenvalue weighted by Gasteiger charge is 2.57. The molecule has 5 rings (SSSR count). The second kappa shape index (κ2) is 7.61. The molecule has 0 radical (unpaired) electrons. The van der Waals surface area contributed by atoms with Crippen molar-refractivity contribution in [3.8, 4) is 5.75 Å². The predicted molar refractivity (Wildman–Crippen MR) is 107 cm³/mol. The van der Waals surface area contributed by atoms with Gasteiger partial charge in [0.2, 0.25) is 0 Å². The second-order valence-electron chi connectivity index (χ2n) is 7.75. The molecule has 1 aromatic heterocycles. The number of anilines is 1. The molecule has 2 N–H and O–H groups in total. The Balaban J connectivity index is 1.20. The molecule has 2 aromatic carbocycles. The van der Waals surface area contributed by atoms with Crippen molar-refractivity contribution < 1.29 is 22.7 Å². The van der Waals surface area contributed by atoms with Gasteiger partial charge in [0.05, 0.1) is 6.61 Å². The third-order valence-electron chi connectivity index (χ3n) is 5.70. The molecule has 2 aliphatic rings. The van der Waals surface area contributed by atoms with Gasteiger partial charge in [0.25, 0.3) is 0 Å². The Kier molecular flexibility index (Phi) is 4.77. The number of amides is 2. The number of pyridine rings is 1. The van der Waals surface area contributed by atoms with E-state index in [0.717, 1.165) is 23.3 Å². The Morgan fingerprint density at radius 3 is 2.48 bits per heavy atom. The van der Waals surface area contributed by atoms with Gasteiger partial charge in [-0.2, -0.15) is 0 Å². The predicted octanol–water partition coefficient (Wildman–Crippen LogP) is 4.39. The largest absolute Gasteiger partial charge is 0.490 e. The molecule has 1 aliphatic carbocycles. The minimum atomic E-state index is -0.602. The van der Waals surface area contributed by atoms with Crippen LogP contribution in [0.2, 0.25) is 0 Å². The van der Waals surface area contributed by atoms with Crippen molar-refractivity contribution >= 4 is 11.8 Å². The van der Waals surface area contributed by atoms with Crippen LogP contribution in [0.5, 0.6) is 5.75 Å². The molecule has 0 spiro atoms. The fourth-order valence-corrected chi connectivity index (χ4v) is 4.10. The van der Waals surface area contributed by atoms with Gasteiger partial charge in [0, 0.05) is 29.6 Å². The fourth-order valence-electron chi connectivity index (χ4n) is 4.10. The maximum absolute atomic E-state index is 14.2. The number of nitrogens with one attached hydrogen (secondary N) is 2. The van der Waals surface area contributed by atoms with Crippen LogP contribution in [0.1, 0.15) is 22.6 Å². The molecule has 158 valence electrons. The molecule has 5 nitrogen and oxygen atoms in total. The number of hydrogen-bond acceptors (Lipinski definition) is 3. The van der Waals surface area contributed by atoms with E-state index in [4.69, 9.17) is 4.74 Å². The number of hydrogen-bond donors (Lipinski definition) is 2. The lowest BCUT2D eigenvalue weighted by molar-refractivity contribution is 0.247. The van der Waals surface area contributed by atoms with Gasteiger partial charge in [-0.05, 0) is 47.9 Å². The summed E-state index contributed by atoms with van der Waals surface area (Å²) in [5, 5.41) is 5.45. The molecule has 0 bridgehead atoms. The van der Waals surface area contributed by atoms with E-state index < -0.39 is 17.7 Å². The molecule has 2 amide bonds. The van der Waals surface area contributed by atoms with Crippen LogP contribution in [0.3, 0.4) is 0 Å². The zero-order chi connectivity index (χ0) is 21.5. The number of rotatable bonds is 4. The molecule has 8 heteroatoms.